The molecule has 0 atom stereocenters. The average molecular weight is 903 g/mol. The highest BCUT2D eigenvalue weighted by Gasteiger charge is 2.45. The lowest BCUT2D eigenvalue weighted by molar-refractivity contribution is 0.660. The van der Waals surface area contributed by atoms with E-state index in [1.54, 1.807) is 0 Å². The number of para-hydroxylation sites is 3. The molecule has 0 saturated heterocycles. The molecule has 2 aliphatic carbocycles. The highest BCUT2D eigenvalue weighted by atomic mass is 28.3. The molecule has 332 valence electrons. The van der Waals surface area contributed by atoms with Crippen LogP contribution in [0, 0.1) is 0 Å². The number of rotatable bonds is 10. The molecular formula is C66H54N2Si. The summed E-state index contributed by atoms with van der Waals surface area (Å²) in [5.41, 5.74) is 17.3. The first-order valence-corrected chi connectivity index (χ1v) is 26.3. The van der Waals surface area contributed by atoms with Gasteiger partial charge in [0, 0.05) is 45.0 Å². The van der Waals surface area contributed by atoms with E-state index in [1.165, 1.54) is 70.9 Å². The maximum absolute atomic E-state index is 3.20. The van der Waals surface area contributed by atoms with Crippen LogP contribution in [0.5, 0.6) is 0 Å². The fourth-order valence-electron chi connectivity index (χ4n) is 11.9. The molecule has 0 amide bonds. The molecule has 0 heterocycles. The number of hydrogen-bond acceptors (Lipinski definition) is 2. The highest BCUT2D eigenvalue weighted by Crippen LogP contribution is 2.52. The fraction of sp³-hybridized carbons (Fsp3) is 0.0909. The molecule has 0 radical (unpaired) electrons. The monoisotopic (exact) mass is 902 g/mol. The van der Waals surface area contributed by atoms with Crippen LogP contribution in [0.25, 0.3) is 22.3 Å². The van der Waals surface area contributed by atoms with E-state index in [0.29, 0.717) is 0 Å². The minimum atomic E-state index is -3.20. The lowest BCUT2D eigenvalue weighted by atomic mass is 9.82. The quantitative estimate of drug-likeness (QED) is 0.0997. The minimum Gasteiger partial charge on any atom is -0.311 e. The van der Waals surface area contributed by atoms with Crippen LogP contribution in [0.15, 0.2) is 255 Å². The van der Waals surface area contributed by atoms with Crippen molar-refractivity contribution in [1.82, 2.24) is 0 Å². The van der Waals surface area contributed by atoms with Gasteiger partial charge in [-0.1, -0.05) is 216 Å². The van der Waals surface area contributed by atoms with Crippen molar-refractivity contribution in [2.45, 2.75) is 38.5 Å². The molecule has 0 aromatic heterocycles. The van der Waals surface area contributed by atoms with Crippen LogP contribution in [-0.2, 0) is 10.8 Å². The summed E-state index contributed by atoms with van der Waals surface area (Å²) in [7, 11) is -3.20. The average Bonchev–Trinajstić information content (AvgIpc) is 3.77. The molecule has 0 unspecified atom stereocenters. The van der Waals surface area contributed by atoms with E-state index in [4.69, 9.17) is 0 Å². The van der Waals surface area contributed by atoms with E-state index < -0.39 is 8.07 Å². The Balaban J connectivity index is 1.10. The van der Waals surface area contributed by atoms with E-state index >= 15 is 0 Å². The molecule has 12 rings (SSSR count). The Kier molecular flexibility index (Phi) is 10.2. The van der Waals surface area contributed by atoms with Gasteiger partial charge in [0.25, 0.3) is 0 Å². The van der Waals surface area contributed by atoms with Crippen LogP contribution in [0.2, 0.25) is 0 Å². The Morgan fingerprint density at radius 3 is 1.19 bits per heavy atom. The predicted molar refractivity (Wildman–Crippen MR) is 295 cm³/mol. The zero-order valence-corrected chi connectivity index (χ0v) is 40.6. The Bertz CT molecular complexity index is 3470. The molecule has 0 spiro atoms. The van der Waals surface area contributed by atoms with Gasteiger partial charge in [-0.05, 0) is 132 Å². The number of anilines is 6. The molecule has 3 heteroatoms. The first-order valence-electron chi connectivity index (χ1n) is 24.3. The summed E-state index contributed by atoms with van der Waals surface area (Å²) in [5, 5.41) is 5.26. The standard InChI is InChI=1S/C66H54N2Si/c1-65(2)59-36-19-17-34-55(59)57-42-40-50(45-61(57)65)67(47-24-9-5-10-25-47)49-28-23-33-54(44-49)69(52-29-13-7-14-30-52,53-31-15-8-16-32-53)64-39-22-21-38-63(64)68(48-26-11-6-12-27-48)51-41-43-58-56-35-18-20-37-60(56)66(3,4)62(58)46-51/h5-46H,1-4H3. The lowest BCUT2D eigenvalue weighted by Gasteiger charge is -2.39. The SMILES string of the molecule is CC1(C)c2ccccc2-c2ccc(N(c3ccccc3)c3cccc([Si](c4ccccc4)(c4ccccc4)c4ccccc4N(c4ccccc4)c4ccc5c(c4)C(C)(C)c4ccccc4-5)c3)cc21. The van der Waals surface area contributed by atoms with Gasteiger partial charge in [0.05, 0.1) is 0 Å². The number of hydrogen-bond donors (Lipinski definition) is 0. The summed E-state index contributed by atoms with van der Waals surface area (Å²) in [6.45, 7) is 9.49. The second-order valence-electron chi connectivity index (χ2n) is 19.7. The molecule has 2 aliphatic rings. The first kappa shape index (κ1) is 42.4. The van der Waals surface area contributed by atoms with Crippen molar-refractivity contribution in [1.29, 1.82) is 0 Å². The lowest BCUT2D eigenvalue weighted by Crippen LogP contribution is -2.75. The van der Waals surface area contributed by atoms with Crippen molar-refractivity contribution in [3.05, 3.63) is 277 Å². The summed E-state index contributed by atoms with van der Waals surface area (Å²) in [6.07, 6.45) is 0. The van der Waals surface area contributed by atoms with Crippen molar-refractivity contribution in [3.63, 3.8) is 0 Å². The zero-order chi connectivity index (χ0) is 46.7. The second kappa shape index (κ2) is 16.7. The third-order valence-electron chi connectivity index (χ3n) is 15.2. The smallest absolute Gasteiger partial charge is 0.181 e. The van der Waals surface area contributed by atoms with Crippen molar-refractivity contribution in [2.24, 2.45) is 0 Å². The number of fused-ring (bicyclic) bond motifs is 6. The topological polar surface area (TPSA) is 6.48 Å². The van der Waals surface area contributed by atoms with Gasteiger partial charge >= 0.3 is 0 Å². The van der Waals surface area contributed by atoms with Gasteiger partial charge in [-0.15, -0.1) is 0 Å². The summed E-state index contributed by atoms with van der Waals surface area (Å²) < 4.78 is 0. The van der Waals surface area contributed by atoms with E-state index in [9.17, 15) is 0 Å². The molecule has 0 N–H and O–H groups in total. The van der Waals surface area contributed by atoms with Crippen LogP contribution in [-0.4, -0.2) is 8.07 Å². The van der Waals surface area contributed by atoms with Gasteiger partial charge in [-0.25, -0.2) is 0 Å². The third-order valence-corrected chi connectivity index (χ3v) is 20.0. The Labute approximate surface area is 408 Å². The van der Waals surface area contributed by atoms with Crippen molar-refractivity contribution in [3.8, 4) is 22.3 Å². The Hall–Kier alpha value is -7.98. The highest BCUT2D eigenvalue weighted by molar-refractivity contribution is 7.20. The van der Waals surface area contributed by atoms with Gasteiger partial charge in [-0.3, -0.25) is 0 Å². The molecule has 0 fully saturated rings. The Morgan fingerprint density at radius 1 is 0.275 bits per heavy atom. The van der Waals surface area contributed by atoms with E-state index in [-0.39, 0.29) is 10.8 Å². The summed E-state index contributed by atoms with van der Waals surface area (Å²) in [4.78, 5) is 4.98. The van der Waals surface area contributed by atoms with Crippen molar-refractivity contribution in [2.75, 3.05) is 9.80 Å². The molecule has 10 aromatic carbocycles. The van der Waals surface area contributed by atoms with Gasteiger partial charge < -0.3 is 9.80 Å². The Morgan fingerprint density at radius 2 is 0.652 bits per heavy atom. The minimum absolute atomic E-state index is 0.137. The van der Waals surface area contributed by atoms with Crippen LogP contribution in [0.1, 0.15) is 49.9 Å². The predicted octanol–water partition coefficient (Wildman–Crippen LogP) is 14.6. The van der Waals surface area contributed by atoms with Crippen LogP contribution in [0.4, 0.5) is 34.1 Å². The van der Waals surface area contributed by atoms with Gasteiger partial charge in [0.15, 0.2) is 8.07 Å². The largest absolute Gasteiger partial charge is 0.311 e. The van der Waals surface area contributed by atoms with Crippen molar-refractivity contribution >= 4 is 62.9 Å². The first-order chi connectivity index (χ1) is 33.8. The molecule has 2 nitrogen and oxygen atoms in total. The van der Waals surface area contributed by atoms with Crippen LogP contribution in [0.3, 0.4) is 0 Å². The summed E-state index contributed by atoms with van der Waals surface area (Å²) in [5.74, 6) is 0. The number of benzene rings is 10. The van der Waals surface area contributed by atoms with Gasteiger partial charge in [0.1, 0.15) is 0 Å². The van der Waals surface area contributed by atoms with E-state index in [1.807, 2.05) is 0 Å². The summed E-state index contributed by atoms with van der Waals surface area (Å²) >= 11 is 0. The normalized spacial score (nSPS) is 13.7. The van der Waals surface area contributed by atoms with Gasteiger partial charge in [0.2, 0.25) is 0 Å². The second-order valence-corrected chi connectivity index (χ2v) is 23.5. The summed E-state index contributed by atoms with van der Waals surface area (Å²) in [6, 6.07) is 95.4. The fourth-order valence-corrected chi connectivity index (χ4v) is 16.9. The number of nitrogens with zero attached hydrogens (tertiary/aromatic N) is 2. The maximum Gasteiger partial charge on any atom is 0.181 e. The third kappa shape index (κ3) is 6.75. The van der Waals surface area contributed by atoms with Gasteiger partial charge in [-0.2, -0.15) is 0 Å². The molecule has 69 heavy (non-hydrogen) atoms. The molecular weight excluding hydrogens is 849 g/mol. The molecule has 10 aromatic rings. The van der Waals surface area contributed by atoms with Crippen molar-refractivity contribution < 1.29 is 0 Å². The molecule has 0 saturated carbocycles. The maximum atomic E-state index is 2.52. The van der Waals surface area contributed by atoms with Crippen LogP contribution < -0.4 is 30.5 Å². The van der Waals surface area contributed by atoms with E-state index in [2.05, 4.69) is 292 Å². The zero-order valence-electron chi connectivity index (χ0n) is 39.6. The van der Waals surface area contributed by atoms with Crippen LogP contribution >= 0.6 is 0 Å². The molecule has 0 bridgehead atoms. The molecule has 0 aliphatic heterocycles. The van der Waals surface area contributed by atoms with E-state index in [0.717, 1.165) is 28.4 Å².